The molecule has 0 amide bonds. The molecule has 1 N–H and O–H groups in total. The van der Waals surface area contributed by atoms with Crippen LogP contribution in [-0.4, -0.2) is 23.8 Å². The van der Waals surface area contributed by atoms with Crippen molar-refractivity contribution in [2.45, 2.75) is 13.0 Å². The van der Waals surface area contributed by atoms with Gasteiger partial charge in [-0.1, -0.05) is 11.6 Å². The molecule has 0 radical (unpaired) electrons. The standard InChI is InChI=1S/C6H9ClO3/c1-5(8)6(9)10-4-2-3-7/h2-3,5,8H,4H2,1H3/b3-2+/t5-/m0/s1. The molecular formula is C6H9ClO3. The fraction of sp³-hybridized carbons (Fsp3) is 0.500. The van der Waals surface area contributed by atoms with E-state index in [1.54, 1.807) is 0 Å². The predicted octanol–water partition coefficient (Wildman–Crippen LogP) is 0.663. The molecule has 0 aromatic heterocycles. The van der Waals surface area contributed by atoms with Crippen LogP contribution >= 0.6 is 11.6 Å². The van der Waals surface area contributed by atoms with Crippen LogP contribution in [0.15, 0.2) is 11.6 Å². The van der Waals surface area contributed by atoms with E-state index in [0.717, 1.165) is 0 Å². The van der Waals surface area contributed by atoms with E-state index in [0.29, 0.717) is 0 Å². The quantitative estimate of drug-likeness (QED) is 0.624. The average molecular weight is 165 g/mol. The fourth-order valence-corrected chi connectivity index (χ4v) is 0.360. The molecule has 0 aromatic carbocycles. The summed E-state index contributed by atoms with van der Waals surface area (Å²) in [6.45, 7) is 1.44. The summed E-state index contributed by atoms with van der Waals surface area (Å²) in [4.78, 5) is 10.5. The van der Waals surface area contributed by atoms with Gasteiger partial charge in [-0.05, 0) is 13.0 Å². The summed E-state index contributed by atoms with van der Waals surface area (Å²) >= 11 is 5.13. The van der Waals surface area contributed by atoms with Crippen LogP contribution in [0.4, 0.5) is 0 Å². The van der Waals surface area contributed by atoms with Crippen LogP contribution in [0.1, 0.15) is 6.92 Å². The normalized spacial score (nSPS) is 13.5. The highest BCUT2D eigenvalue weighted by molar-refractivity contribution is 6.25. The molecule has 4 heteroatoms. The van der Waals surface area contributed by atoms with Gasteiger partial charge in [-0.25, -0.2) is 4.79 Å². The number of hydrogen-bond acceptors (Lipinski definition) is 3. The van der Waals surface area contributed by atoms with Gasteiger partial charge in [0.25, 0.3) is 0 Å². The Hall–Kier alpha value is -0.540. The van der Waals surface area contributed by atoms with Gasteiger partial charge in [0, 0.05) is 5.54 Å². The molecule has 0 aliphatic carbocycles. The lowest BCUT2D eigenvalue weighted by Gasteiger charge is -2.01. The average Bonchev–Trinajstić information content (AvgIpc) is 1.88. The number of carbonyl (C=O) groups is 1. The Labute approximate surface area is 64.2 Å². The zero-order valence-corrected chi connectivity index (χ0v) is 6.34. The highest BCUT2D eigenvalue weighted by Gasteiger charge is 2.07. The van der Waals surface area contributed by atoms with Crippen LogP contribution in [0.25, 0.3) is 0 Å². The summed E-state index contributed by atoms with van der Waals surface area (Å²) in [5, 5.41) is 8.59. The second kappa shape index (κ2) is 5.26. The number of carbonyl (C=O) groups excluding carboxylic acids is 1. The molecule has 0 saturated carbocycles. The summed E-state index contributed by atoms with van der Waals surface area (Å²) < 4.78 is 4.48. The van der Waals surface area contributed by atoms with Crippen molar-refractivity contribution in [3.8, 4) is 0 Å². The number of rotatable bonds is 3. The monoisotopic (exact) mass is 164 g/mol. The summed E-state index contributed by atoms with van der Waals surface area (Å²) in [6, 6.07) is 0. The summed E-state index contributed by atoms with van der Waals surface area (Å²) in [5.74, 6) is -0.644. The van der Waals surface area contributed by atoms with Crippen molar-refractivity contribution < 1.29 is 14.6 Å². The Kier molecular flexibility index (Phi) is 4.98. The lowest BCUT2D eigenvalue weighted by Crippen LogP contribution is -2.19. The predicted molar refractivity (Wildman–Crippen MR) is 37.6 cm³/mol. The molecule has 0 spiro atoms. The highest BCUT2D eigenvalue weighted by Crippen LogP contribution is 1.87. The van der Waals surface area contributed by atoms with Crippen LogP contribution in [0.2, 0.25) is 0 Å². The lowest BCUT2D eigenvalue weighted by atomic mass is 10.4. The van der Waals surface area contributed by atoms with Gasteiger partial charge in [0.05, 0.1) is 0 Å². The number of esters is 1. The van der Waals surface area contributed by atoms with E-state index in [9.17, 15) is 4.79 Å². The fourth-order valence-electron chi connectivity index (χ4n) is 0.287. The van der Waals surface area contributed by atoms with E-state index in [1.807, 2.05) is 0 Å². The molecule has 0 rings (SSSR count). The summed E-state index contributed by atoms with van der Waals surface area (Å²) in [7, 11) is 0. The second-order valence-corrected chi connectivity index (χ2v) is 1.92. The van der Waals surface area contributed by atoms with E-state index in [4.69, 9.17) is 16.7 Å². The number of hydrogen-bond donors (Lipinski definition) is 1. The van der Waals surface area contributed by atoms with Gasteiger partial charge in [-0.15, -0.1) is 0 Å². The smallest absolute Gasteiger partial charge is 0.334 e. The molecule has 0 saturated heterocycles. The van der Waals surface area contributed by atoms with E-state index in [1.165, 1.54) is 18.5 Å². The summed E-state index contributed by atoms with van der Waals surface area (Å²) in [6.07, 6.45) is 0.394. The molecule has 58 valence electrons. The van der Waals surface area contributed by atoms with Gasteiger partial charge in [0.1, 0.15) is 12.7 Å². The van der Waals surface area contributed by atoms with Crippen molar-refractivity contribution in [1.29, 1.82) is 0 Å². The number of aliphatic hydroxyl groups excluding tert-OH is 1. The third-order valence-corrected chi connectivity index (χ3v) is 0.930. The van der Waals surface area contributed by atoms with Gasteiger partial charge >= 0.3 is 5.97 Å². The molecular weight excluding hydrogens is 156 g/mol. The van der Waals surface area contributed by atoms with Gasteiger partial charge < -0.3 is 9.84 Å². The van der Waals surface area contributed by atoms with Crippen LogP contribution in [0.3, 0.4) is 0 Å². The first kappa shape index (κ1) is 9.46. The van der Waals surface area contributed by atoms with Crippen molar-refractivity contribution in [3.63, 3.8) is 0 Å². The first-order valence-electron chi connectivity index (χ1n) is 2.78. The van der Waals surface area contributed by atoms with Crippen molar-refractivity contribution >= 4 is 17.6 Å². The summed E-state index contributed by atoms with van der Waals surface area (Å²) in [5.41, 5.74) is 1.25. The number of aliphatic hydroxyl groups is 1. The first-order valence-corrected chi connectivity index (χ1v) is 3.22. The molecule has 3 nitrogen and oxygen atoms in total. The largest absolute Gasteiger partial charge is 0.460 e. The third-order valence-electron chi connectivity index (χ3n) is 0.752. The molecule has 0 aromatic rings. The zero-order valence-electron chi connectivity index (χ0n) is 5.58. The molecule has 10 heavy (non-hydrogen) atoms. The minimum atomic E-state index is -1.07. The van der Waals surface area contributed by atoms with E-state index < -0.39 is 12.1 Å². The van der Waals surface area contributed by atoms with Gasteiger partial charge in [-0.2, -0.15) is 0 Å². The molecule has 1 atom stereocenters. The maximum Gasteiger partial charge on any atom is 0.334 e. The van der Waals surface area contributed by atoms with Crippen LogP contribution in [-0.2, 0) is 9.53 Å². The second-order valence-electron chi connectivity index (χ2n) is 1.67. The Bertz CT molecular complexity index is 131. The van der Waals surface area contributed by atoms with Crippen molar-refractivity contribution in [1.82, 2.24) is 0 Å². The molecule has 0 aliphatic rings. The molecule has 0 heterocycles. The van der Waals surface area contributed by atoms with Crippen LogP contribution < -0.4 is 0 Å². The first-order chi connectivity index (χ1) is 4.68. The Morgan fingerprint density at radius 3 is 2.90 bits per heavy atom. The SMILES string of the molecule is C[C@H](O)C(=O)OC/C=C/Cl. The minimum absolute atomic E-state index is 0.104. The zero-order chi connectivity index (χ0) is 7.98. The van der Waals surface area contributed by atoms with Crippen molar-refractivity contribution in [2.75, 3.05) is 6.61 Å². The van der Waals surface area contributed by atoms with E-state index in [2.05, 4.69) is 4.74 Å². The Balaban J connectivity index is 3.40. The molecule has 0 aliphatic heterocycles. The number of halogens is 1. The number of ether oxygens (including phenoxy) is 1. The Morgan fingerprint density at radius 1 is 1.90 bits per heavy atom. The highest BCUT2D eigenvalue weighted by atomic mass is 35.5. The third kappa shape index (κ3) is 4.35. The maximum atomic E-state index is 10.5. The minimum Gasteiger partial charge on any atom is -0.460 e. The maximum absolute atomic E-state index is 10.5. The van der Waals surface area contributed by atoms with Crippen LogP contribution in [0.5, 0.6) is 0 Å². The van der Waals surface area contributed by atoms with Crippen molar-refractivity contribution in [3.05, 3.63) is 11.6 Å². The Morgan fingerprint density at radius 2 is 2.50 bits per heavy atom. The van der Waals surface area contributed by atoms with Crippen molar-refractivity contribution in [2.24, 2.45) is 0 Å². The van der Waals surface area contributed by atoms with E-state index in [-0.39, 0.29) is 6.61 Å². The lowest BCUT2D eigenvalue weighted by molar-refractivity contribution is -0.151. The molecule has 0 fully saturated rings. The van der Waals surface area contributed by atoms with Gasteiger partial charge in [0.2, 0.25) is 0 Å². The molecule has 0 unspecified atom stereocenters. The molecule has 0 bridgehead atoms. The van der Waals surface area contributed by atoms with Gasteiger partial charge in [0.15, 0.2) is 0 Å². The van der Waals surface area contributed by atoms with Gasteiger partial charge in [-0.3, -0.25) is 0 Å². The van der Waals surface area contributed by atoms with Crippen LogP contribution in [0, 0.1) is 0 Å². The topological polar surface area (TPSA) is 46.5 Å². The van der Waals surface area contributed by atoms with E-state index >= 15 is 0 Å².